The SMILES string of the molecule is [CH2]CCCNCCC1CCC1. The van der Waals surface area contributed by atoms with Gasteiger partial charge in [-0.25, -0.2) is 0 Å². The third-order valence-corrected chi connectivity index (χ3v) is 2.56. The van der Waals surface area contributed by atoms with Crippen molar-refractivity contribution in [3.8, 4) is 0 Å². The molecule has 1 rings (SSSR count). The van der Waals surface area contributed by atoms with Crippen LogP contribution in [0.25, 0.3) is 0 Å². The normalized spacial score (nSPS) is 18.3. The molecule has 0 bridgehead atoms. The Hall–Kier alpha value is -0.0400. The summed E-state index contributed by atoms with van der Waals surface area (Å²) in [7, 11) is 0. The Balaban J connectivity index is 1.73. The van der Waals surface area contributed by atoms with Crippen LogP contribution in [0.4, 0.5) is 0 Å². The fourth-order valence-electron chi connectivity index (χ4n) is 1.46. The van der Waals surface area contributed by atoms with E-state index in [4.69, 9.17) is 0 Å². The van der Waals surface area contributed by atoms with Gasteiger partial charge in [-0.05, 0) is 31.8 Å². The molecule has 0 aromatic rings. The zero-order valence-electron chi connectivity index (χ0n) is 7.44. The van der Waals surface area contributed by atoms with Crippen LogP contribution in [0.5, 0.6) is 0 Å². The van der Waals surface area contributed by atoms with Gasteiger partial charge in [-0.15, -0.1) is 0 Å². The first-order chi connectivity index (χ1) is 5.43. The summed E-state index contributed by atoms with van der Waals surface area (Å²) in [6.45, 7) is 6.20. The Kier molecular flexibility index (Phi) is 4.60. The molecule has 1 nitrogen and oxygen atoms in total. The van der Waals surface area contributed by atoms with Crippen LogP contribution in [-0.2, 0) is 0 Å². The molecule has 1 heteroatoms. The van der Waals surface area contributed by atoms with Crippen LogP contribution >= 0.6 is 0 Å². The number of nitrogens with one attached hydrogen (secondary N) is 1. The fraction of sp³-hybridized carbons (Fsp3) is 0.900. The van der Waals surface area contributed by atoms with E-state index in [9.17, 15) is 0 Å². The lowest BCUT2D eigenvalue weighted by molar-refractivity contribution is 0.292. The summed E-state index contributed by atoms with van der Waals surface area (Å²) in [5.41, 5.74) is 0. The van der Waals surface area contributed by atoms with Crippen LogP contribution in [-0.4, -0.2) is 13.1 Å². The second kappa shape index (κ2) is 5.59. The molecule has 1 saturated carbocycles. The maximum Gasteiger partial charge on any atom is -0.00463 e. The lowest BCUT2D eigenvalue weighted by Crippen LogP contribution is -2.22. The Labute approximate surface area is 70.6 Å². The average Bonchev–Trinajstić information content (AvgIpc) is 1.93. The highest BCUT2D eigenvalue weighted by Gasteiger charge is 2.15. The quantitative estimate of drug-likeness (QED) is 0.579. The highest BCUT2D eigenvalue weighted by atomic mass is 14.8. The minimum atomic E-state index is 1.06. The number of unbranched alkanes of at least 4 members (excludes halogenated alkanes) is 1. The third kappa shape index (κ3) is 3.76. The highest BCUT2D eigenvalue weighted by Crippen LogP contribution is 2.28. The van der Waals surface area contributed by atoms with Gasteiger partial charge >= 0.3 is 0 Å². The van der Waals surface area contributed by atoms with Crippen molar-refractivity contribution in [1.82, 2.24) is 5.32 Å². The number of hydrogen-bond donors (Lipinski definition) is 1. The summed E-state index contributed by atoms with van der Waals surface area (Å²) < 4.78 is 0. The molecule has 0 amide bonds. The van der Waals surface area contributed by atoms with E-state index < -0.39 is 0 Å². The molecule has 65 valence electrons. The average molecular weight is 154 g/mol. The lowest BCUT2D eigenvalue weighted by atomic mass is 9.83. The molecule has 1 radical (unpaired) electrons. The molecule has 0 aliphatic heterocycles. The van der Waals surface area contributed by atoms with Crippen molar-refractivity contribution in [3.05, 3.63) is 6.92 Å². The largest absolute Gasteiger partial charge is 0.317 e. The Morgan fingerprint density at radius 1 is 1.27 bits per heavy atom. The minimum Gasteiger partial charge on any atom is -0.317 e. The topological polar surface area (TPSA) is 12.0 Å². The standard InChI is InChI=1S/C10H20N/c1-2-3-8-11-9-7-10-5-4-6-10/h10-11H,1-9H2. The van der Waals surface area contributed by atoms with Gasteiger partial charge in [-0.1, -0.05) is 32.6 Å². The summed E-state index contributed by atoms with van der Waals surface area (Å²) in [6.07, 6.45) is 8.13. The van der Waals surface area contributed by atoms with Crippen molar-refractivity contribution in [2.75, 3.05) is 13.1 Å². The Bertz CT molecular complexity index is 86.9. The molecule has 0 heterocycles. The predicted octanol–water partition coefficient (Wildman–Crippen LogP) is 2.38. The molecule has 1 aliphatic rings. The van der Waals surface area contributed by atoms with E-state index >= 15 is 0 Å². The van der Waals surface area contributed by atoms with Gasteiger partial charge in [0, 0.05) is 0 Å². The van der Waals surface area contributed by atoms with E-state index in [-0.39, 0.29) is 0 Å². The summed E-state index contributed by atoms with van der Waals surface area (Å²) in [5.74, 6) is 1.06. The van der Waals surface area contributed by atoms with E-state index in [0.29, 0.717) is 0 Å². The predicted molar refractivity (Wildman–Crippen MR) is 49.4 cm³/mol. The van der Waals surface area contributed by atoms with Crippen molar-refractivity contribution in [3.63, 3.8) is 0 Å². The molecular weight excluding hydrogens is 134 g/mol. The van der Waals surface area contributed by atoms with Gasteiger partial charge in [0.1, 0.15) is 0 Å². The van der Waals surface area contributed by atoms with E-state index in [1.807, 2.05) is 0 Å². The molecule has 0 aromatic carbocycles. The van der Waals surface area contributed by atoms with Crippen LogP contribution in [0, 0.1) is 12.8 Å². The van der Waals surface area contributed by atoms with E-state index in [2.05, 4.69) is 12.2 Å². The molecule has 0 spiro atoms. The Morgan fingerprint density at radius 2 is 2.09 bits per heavy atom. The maximum absolute atomic E-state index is 3.81. The first kappa shape index (κ1) is 9.05. The van der Waals surface area contributed by atoms with Gasteiger partial charge < -0.3 is 5.32 Å². The zero-order chi connectivity index (χ0) is 7.94. The van der Waals surface area contributed by atoms with Crippen LogP contribution in [0.1, 0.15) is 38.5 Å². The highest BCUT2D eigenvalue weighted by molar-refractivity contribution is 4.70. The summed E-state index contributed by atoms with van der Waals surface area (Å²) in [4.78, 5) is 0. The second-order valence-electron chi connectivity index (χ2n) is 3.54. The van der Waals surface area contributed by atoms with Gasteiger partial charge in [-0.2, -0.15) is 0 Å². The van der Waals surface area contributed by atoms with Crippen molar-refractivity contribution < 1.29 is 0 Å². The smallest absolute Gasteiger partial charge is 0.00463 e. The van der Waals surface area contributed by atoms with Crippen LogP contribution in [0.15, 0.2) is 0 Å². The van der Waals surface area contributed by atoms with Crippen LogP contribution in [0.3, 0.4) is 0 Å². The molecule has 1 aliphatic carbocycles. The fourth-order valence-corrected chi connectivity index (χ4v) is 1.46. The van der Waals surface area contributed by atoms with Crippen LogP contribution < -0.4 is 5.32 Å². The molecule has 0 unspecified atom stereocenters. The Morgan fingerprint density at radius 3 is 2.64 bits per heavy atom. The third-order valence-electron chi connectivity index (χ3n) is 2.56. The zero-order valence-corrected chi connectivity index (χ0v) is 7.44. The van der Waals surface area contributed by atoms with Crippen molar-refractivity contribution in [2.24, 2.45) is 5.92 Å². The van der Waals surface area contributed by atoms with Gasteiger partial charge in [0.25, 0.3) is 0 Å². The maximum atomic E-state index is 3.81. The molecular formula is C10H20N. The number of rotatable bonds is 6. The van der Waals surface area contributed by atoms with E-state index in [1.165, 1.54) is 38.6 Å². The number of hydrogen-bond acceptors (Lipinski definition) is 1. The van der Waals surface area contributed by atoms with E-state index in [0.717, 1.165) is 18.9 Å². The molecule has 11 heavy (non-hydrogen) atoms. The minimum absolute atomic E-state index is 1.06. The first-order valence-corrected chi connectivity index (χ1v) is 4.93. The van der Waals surface area contributed by atoms with Gasteiger partial charge in [0.05, 0.1) is 0 Å². The van der Waals surface area contributed by atoms with Gasteiger partial charge in [0.15, 0.2) is 0 Å². The summed E-state index contributed by atoms with van der Waals surface area (Å²) in [6, 6.07) is 0. The molecule has 1 N–H and O–H groups in total. The van der Waals surface area contributed by atoms with Crippen molar-refractivity contribution >= 4 is 0 Å². The van der Waals surface area contributed by atoms with E-state index in [1.54, 1.807) is 0 Å². The van der Waals surface area contributed by atoms with Gasteiger partial charge in [0.2, 0.25) is 0 Å². The first-order valence-electron chi connectivity index (χ1n) is 4.93. The monoisotopic (exact) mass is 154 g/mol. The second-order valence-corrected chi connectivity index (χ2v) is 3.54. The molecule has 0 saturated heterocycles. The summed E-state index contributed by atoms with van der Waals surface area (Å²) in [5, 5.41) is 3.45. The van der Waals surface area contributed by atoms with Crippen LogP contribution in [0.2, 0.25) is 0 Å². The molecule has 0 aromatic heterocycles. The van der Waals surface area contributed by atoms with Crippen molar-refractivity contribution in [2.45, 2.75) is 38.5 Å². The molecule has 0 atom stereocenters. The summed E-state index contributed by atoms with van der Waals surface area (Å²) >= 11 is 0. The lowest BCUT2D eigenvalue weighted by Gasteiger charge is -2.25. The molecule has 1 fully saturated rings. The van der Waals surface area contributed by atoms with Gasteiger partial charge in [-0.3, -0.25) is 0 Å². The van der Waals surface area contributed by atoms with Crippen molar-refractivity contribution in [1.29, 1.82) is 0 Å².